The molecule has 0 saturated carbocycles. The van der Waals surface area contributed by atoms with Crippen molar-refractivity contribution in [1.29, 1.82) is 0 Å². The number of hydrogen-bond acceptors (Lipinski definition) is 4. The van der Waals surface area contributed by atoms with Crippen molar-refractivity contribution in [2.45, 2.75) is 46.6 Å². The van der Waals surface area contributed by atoms with Crippen LogP contribution in [0.5, 0.6) is 5.75 Å². The third-order valence-electron chi connectivity index (χ3n) is 5.53. The number of esters is 1. The fourth-order valence-electron chi connectivity index (χ4n) is 3.90. The summed E-state index contributed by atoms with van der Waals surface area (Å²) in [4.78, 5) is 28.0. The van der Waals surface area contributed by atoms with Crippen LogP contribution < -0.4 is 4.74 Å². The molecule has 0 unspecified atom stereocenters. The van der Waals surface area contributed by atoms with Crippen molar-refractivity contribution in [3.63, 3.8) is 0 Å². The Morgan fingerprint density at radius 1 is 1.13 bits per heavy atom. The lowest BCUT2D eigenvalue weighted by Crippen LogP contribution is -2.38. The second-order valence-electron chi connectivity index (χ2n) is 8.49. The van der Waals surface area contributed by atoms with E-state index >= 15 is 0 Å². The van der Waals surface area contributed by atoms with E-state index in [2.05, 4.69) is 6.07 Å². The summed E-state index contributed by atoms with van der Waals surface area (Å²) < 4.78 is 10.9. The minimum Gasteiger partial charge on any atom is -0.497 e. The second-order valence-corrected chi connectivity index (χ2v) is 8.49. The molecule has 3 rings (SSSR count). The minimum absolute atomic E-state index is 0.000216. The lowest BCUT2D eigenvalue weighted by molar-refractivity contribution is -0.141. The number of benzene rings is 2. The minimum atomic E-state index is -0.353. The van der Waals surface area contributed by atoms with Crippen LogP contribution in [0.3, 0.4) is 0 Å². The Labute approximate surface area is 184 Å². The molecule has 1 aliphatic heterocycles. The van der Waals surface area contributed by atoms with Crippen LogP contribution in [-0.2, 0) is 20.9 Å². The van der Waals surface area contributed by atoms with Gasteiger partial charge in [0.1, 0.15) is 5.75 Å². The number of rotatable bonds is 7. The number of aryl methyl sites for hydroxylation is 1. The van der Waals surface area contributed by atoms with Crippen molar-refractivity contribution in [3.05, 3.63) is 76.5 Å². The maximum atomic E-state index is 13.2. The first kappa shape index (κ1) is 22.6. The molecule has 2 aromatic rings. The summed E-state index contributed by atoms with van der Waals surface area (Å²) in [7, 11) is 1.61. The Bertz CT molecular complexity index is 975. The van der Waals surface area contributed by atoms with E-state index in [1.165, 1.54) is 0 Å². The number of nitrogens with zero attached hydrogens (tertiary/aromatic N) is 1. The van der Waals surface area contributed by atoms with Crippen molar-refractivity contribution in [2.75, 3.05) is 13.7 Å². The molecule has 31 heavy (non-hydrogen) atoms. The zero-order valence-corrected chi connectivity index (χ0v) is 19.0. The predicted octanol–water partition coefficient (Wildman–Crippen LogP) is 4.99. The molecule has 164 valence electrons. The van der Waals surface area contributed by atoms with Gasteiger partial charge in [0.2, 0.25) is 5.91 Å². The van der Waals surface area contributed by atoms with Crippen molar-refractivity contribution in [3.8, 4) is 5.75 Å². The number of methoxy groups -OCH3 is 1. The molecule has 0 spiro atoms. The smallest absolute Gasteiger partial charge is 0.336 e. The van der Waals surface area contributed by atoms with E-state index in [1.807, 2.05) is 70.2 Å². The van der Waals surface area contributed by atoms with Crippen LogP contribution in [-0.4, -0.2) is 30.5 Å². The molecule has 1 heterocycles. The normalized spacial score (nSPS) is 16.6. The maximum absolute atomic E-state index is 13.2. The second kappa shape index (κ2) is 9.82. The van der Waals surface area contributed by atoms with E-state index in [4.69, 9.17) is 9.47 Å². The van der Waals surface area contributed by atoms with E-state index in [0.29, 0.717) is 24.4 Å². The van der Waals surface area contributed by atoms with Gasteiger partial charge in [-0.3, -0.25) is 4.79 Å². The van der Waals surface area contributed by atoms with Gasteiger partial charge in [-0.15, -0.1) is 0 Å². The van der Waals surface area contributed by atoms with Gasteiger partial charge in [-0.1, -0.05) is 55.8 Å². The van der Waals surface area contributed by atoms with E-state index in [-0.39, 0.29) is 30.1 Å². The third kappa shape index (κ3) is 5.35. The molecule has 1 atom stereocenters. The molecule has 0 bridgehead atoms. The van der Waals surface area contributed by atoms with Gasteiger partial charge in [0.05, 0.1) is 25.8 Å². The van der Waals surface area contributed by atoms with E-state index < -0.39 is 0 Å². The number of allylic oxidation sites excluding steroid dienone is 1. The van der Waals surface area contributed by atoms with Gasteiger partial charge in [0.15, 0.2) is 0 Å². The molecule has 2 aromatic carbocycles. The van der Waals surface area contributed by atoms with Crippen molar-refractivity contribution in [1.82, 2.24) is 4.90 Å². The Hall–Kier alpha value is -3.08. The summed E-state index contributed by atoms with van der Waals surface area (Å²) in [6, 6.07) is 15.6. The molecule has 0 radical (unpaired) electrons. The largest absolute Gasteiger partial charge is 0.497 e. The number of ether oxygens (including phenoxy) is 2. The Morgan fingerprint density at radius 2 is 1.84 bits per heavy atom. The first-order valence-electron chi connectivity index (χ1n) is 10.7. The topological polar surface area (TPSA) is 55.8 Å². The summed E-state index contributed by atoms with van der Waals surface area (Å²) in [6.07, 6.45) is 0.224. The van der Waals surface area contributed by atoms with Crippen LogP contribution in [0.4, 0.5) is 0 Å². The number of hydrogen-bond donors (Lipinski definition) is 0. The fraction of sp³-hybridized carbons (Fsp3) is 0.385. The standard InChI is InChI=1S/C26H31NO4/c1-17(2)16-31-26(29)25-19(4)27(15-20-8-6-7-18(3)13-20)24(28)14-23(25)21-9-11-22(30-5)12-10-21/h6-13,17,23H,14-16H2,1-5H3/t23-/m1/s1. The predicted molar refractivity (Wildman–Crippen MR) is 121 cm³/mol. The summed E-state index contributed by atoms with van der Waals surface area (Å²) in [5.74, 6) is 0.273. The number of amides is 1. The third-order valence-corrected chi connectivity index (χ3v) is 5.53. The molecule has 5 nitrogen and oxygen atoms in total. The van der Waals surface area contributed by atoms with Crippen LogP contribution in [0.15, 0.2) is 59.8 Å². The molecule has 0 fully saturated rings. The monoisotopic (exact) mass is 421 g/mol. The first-order valence-corrected chi connectivity index (χ1v) is 10.7. The van der Waals surface area contributed by atoms with E-state index in [0.717, 1.165) is 22.4 Å². The Kier molecular flexibility index (Phi) is 7.16. The molecule has 1 aliphatic rings. The zero-order valence-electron chi connectivity index (χ0n) is 19.0. The SMILES string of the molecule is COc1ccc([C@H]2CC(=O)N(Cc3cccc(C)c3)C(C)=C2C(=O)OCC(C)C)cc1. The molecule has 0 saturated heterocycles. The van der Waals surface area contributed by atoms with Crippen LogP contribution in [0, 0.1) is 12.8 Å². The van der Waals surface area contributed by atoms with Crippen molar-refractivity contribution >= 4 is 11.9 Å². The number of carbonyl (C=O) groups is 2. The molecule has 0 N–H and O–H groups in total. The van der Waals surface area contributed by atoms with Crippen LogP contribution in [0.25, 0.3) is 0 Å². The van der Waals surface area contributed by atoms with E-state index in [9.17, 15) is 9.59 Å². The molecule has 1 amide bonds. The fourth-order valence-corrected chi connectivity index (χ4v) is 3.90. The highest BCUT2D eigenvalue weighted by Crippen LogP contribution is 2.38. The molecular formula is C26H31NO4. The van der Waals surface area contributed by atoms with Crippen LogP contribution in [0.1, 0.15) is 49.8 Å². The summed E-state index contributed by atoms with van der Waals surface area (Å²) >= 11 is 0. The summed E-state index contributed by atoms with van der Waals surface area (Å²) in [5.41, 5.74) is 4.28. The van der Waals surface area contributed by atoms with Crippen molar-refractivity contribution in [2.24, 2.45) is 5.92 Å². The highest BCUT2D eigenvalue weighted by molar-refractivity contribution is 5.95. The van der Waals surface area contributed by atoms with E-state index in [1.54, 1.807) is 12.0 Å². The van der Waals surface area contributed by atoms with Crippen LogP contribution in [0.2, 0.25) is 0 Å². The molecule has 5 heteroatoms. The average Bonchev–Trinajstić information content (AvgIpc) is 2.74. The zero-order chi connectivity index (χ0) is 22.5. The van der Waals surface area contributed by atoms with Gasteiger partial charge in [0.25, 0.3) is 0 Å². The van der Waals surface area contributed by atoms with Gasteiger partial charge in [0, 0.05) is 18.0 Å². The van der Waals surface area contributed by atoms with Gasteiger partial charge >= 0.3 is 5.97 Å². The highest BCUT2D eigenvalue weighted by atomic mass is 16.5. The molecule has 0 aromatic heterocycles. The van der Waals surface area contributed by atoms with Crippen LogP contribution >= 0.6 is 0 Å². The maximum Gasteiger partial charge on any atom is 0.336 e. The van der Waals surface area contributed by atoms with Gasteiger partial charge in [-0.2, -0.15) is 0 Å². The summed E-state index contributed by atoms with van der Waals surface area (Å²) in [6.45, 7) is 8.65. The lowest BCUT2D eigenvalue weighted by atomic mass is 9.83. The first-order chi connectivity index (χ1) is 14.8. The molecule has 0 aliphatic carbocycles. The average molecular weight is 422 g/mol. The Balaban J connectivity index is 1.99. The lowest BCUT2D eigenvalue weighted by Gasteiger charge is -2.34. The quantitative estimate of drug-likeness (QED) is 0.591. The molecular weight excluding hydrogens is 390 g/mol. The highest BCUT2D eigenvalue weighted by Gasteiger charge is 2.37. The van der Waals surface area contributed by atoms with Gasteiger partial charge in [-0.05, 0) is 43.0 Å². The van der Waals surface area contributed by atoms with Gasteiger partial charge < -0.3 is 14.4 Å². The van der Waals surface area contributed by atoms with Gasteiger partial charge in [-0.25, -0.2) is 4.79 Å². The summed E-state index contributed by atoms with van der Waals surface area (Å²) in [5, 5.41) is 0. The van der Waals surface area contributed by atoms with Crippen molar-refractivity contribution < 1.29 is 19.1 Å². The Morgan fingerprint density at radius 3 is 2.45 bits per heavy atom. The number of carbonyl (C=O) groups excluding carboxylic acids is 2.